The third-order valence-electron chi connectivity index (χ3n) is 4.29. The van der Waals surface area contributed by atoms with Crippen LogP contribution in [0.25, 0.3) is 11.4 Å². The minimum absolute atomic E-state index is 0.431. The molecule has 152 valence electrons. The zero-order valence-electron chi connectivity index (χ0n) is 16.8. The number of hydrogen-bond acceptors (Lipinski definition) is 5. The quantitative estimate of drug-likeness (QED) is 0.274. The molecule has 0 radical (unpaired) electrons. The van der Waals surface area contributed by atoms with Crippen molar-refractivity contribution in [2.24, 2.45) is 5.10 Å². The first-order valence-electron chi connectivity index (χ1n) is 9.89. The average molecular weight is 411 g/mol. The lowest BCUT2D eigenvalue weighted by Gasteiger charge is -2.06. The van der Waals surface area contributed by atoms with Crippen molar-refractivity contribution in [2.75, 3.05) is 13.2 Å². The van der Waals surface area contributed by atoms with Gasteiger partial charge in [0.1, 0.15) is 11.5 Å². The Hall–Kier alpha value is -2.93. The fourth-order valence-corrected chi connectivity index (χ4v) is 2.95. The highest BCUT2D eigenvalue weighted by Crippen LogP contribution is 2.21. The zero-order valence-corrected chi connectivity index (χ0v) is 17.6. The number of ether oxygens (including phenoxy) is 2. The molecule has 0 atom stereocenters. The Morgan fingerprint density at radius 2 is 1.69 bits per heavy atom. The molecule has 0 fully saturated rings. The van der Waals surface area contributed by atoms with Crippen molar-refractivity contribution in [3.05, 3.63) is 58.9 Å². The van der Waals surface area contributed by atoms with Gasteiger partial charge in [0.2, 0.25) is 4.77 Å². The smallest absolute Gasteiger partial charge is 0.216 e. The van der Waals surface area contributed by atoms with E-state index in [-0.39, 0.29) is 0 Å². The van der Waals surface area contributed by atoms with Gasteiger partial charge in [0, 0.05) is 5.56 Å². The van der Waals surface area contributed by atoms with Gasteiger partial charge in [-0.15, -0.1) is 0 Å². The summed E-state index contributed by atoms with van der Waals surface area (Å²) in [5.41, 5.74) is 1.85. The summed E-state index contributed by atoms with van der Waals surface area (Å²) in [6.07, 6.45) is 5.21. The Morgan fingerprint density at radius 1 is 1.00 bits per heavy atom. The summed E-state index contributed by atoms with van der Waals surface area (Å²) < 4.78 is 13.3. The van der Waals surface area contributed by atoms with Gasteiger partial charge in [-0.05, 0) is 79.7 Å². The van der Waals surface area contributed by atoms with Crippen molar-refractivity contribution >= 4 is 18.4 Å². The molecule has 0 amide bonds. The van der Waals surface area contributed by atoms with Crippen molar-refractivity contribution < 1.29 is 9.47 Å². The predicted octanol–water partition coefficient (Wildman–Crippen LogP) is 5.46. The minimum atomic E-state index is 0.431. The molecule has 3 aromatic rings. The summed E-state index contributed by atoms with van der Waals surface area (Å²) in [6.45, 7) is 5.52. The summed E-state index contributed by atoms with van der Waals surface area (Å²) in [4.78, 5) is 0. The zero-order chi connectivity index (χ0) is 20.5. The van der Waals surface area contributed by atoms with Crippen LogP contribution in [0.4, 0.5) is 0 Å². The van der Waals surface area contributed by atoms with E-state index < -0.39 is 0 Å². The van der Waals surface area contributed by atoms with Gasteiger partial charge in [0.25, 0.3) is 0 Å². The normalized spacial score (nSPS) is 11.1. The van der Waals surface area contributed by atoms with Crippen LogP contribution in [-0.2, 0) is 0 Å². The summed E-state index contributed by atoms with van der Waals surface area (Å²) in [7, 11) is 0. The van der Waals surface area contributed by atoms with Gasteiger partial charge < -0.3 is 9.47 Å². The molecular formula is C22H26N4O2S. The van der Waals surface area contributed by atoms with E-state index in [0.29, 0.717) is 17.2 Å². The van der Waals surface area contributed by atoms with Gasteiger partial charge in [-0.2, -0.15) is 14.9 Å². The fourth-order valence-electron chi connectivity index (χ4n) is 2.77. The van der Waals surface area contributed by atoms with Gasteiger partial charge in [0.05, 0.1) is 19.4 Å². The second kappa shape index (κ2) is 10.6. The van der Waals surface area contributed by atoms with E-state index in [2.05, 4.69) is 22.2 Å². The maximum atomic E-state index is 5.74. The first kappa shape index (κ1) is 20.8. The summed E-state index contributed by atoms with van der Waals surface area (Å²) >= 11 is 5.33. The lowest BCUT2D eigenvalue weighted by atomic mass is 10.2. The van der Waals surface area contributed by atoms with Crippen LogP contribution in [-0.4, -0.2) is 34.3 Å². The number of hydrogen-bond donors (Lipinski definition) is 1. The van der Waals surface area contributed by atoms with Crippen molar-refractivity contribution in [1.82, 2.24) is 14.9 Å². The number of H-pyrrole nitrogens is 1. The molecule has 0 unspecified atom stereocenters. The lowest BCUT2D eigenvalue weighted by molar-refractivity contribution is 0.306. The Bertz CT molecular complexity index is 975. The first-order valence-corrected chi connectivity index (χ1v) is 10.3. The van der Waals surface area contributed by atoms with Crippen LogP contribution in [0, 0.1) is 4.77 Å². The van der Waals surface area contributed by atoms with Crippen LogP contribution >= 0.6 is 12.2 Å². The first-order chi connectivity index (χ1) is 14.2. The number of rotatable bonds is 10. The Kier molecular flexibility index (Phi) is 7.58. The van der Waals surface area contributed by atoms with Gasteiger partial charge in [-0.25, -0.2) is 5.10 Å². The van der Waals surface area contributed by atoms with E-state index in [1.807, 2.05) is 55.5 Å². The Morgan fingerprint density at radius 3 is 2.38 bits per heavy atom. The monoisotopic (exact) mass is 410 g/mol. The molecular weight excluding hydrogens is 384 g/mol. The van der Waals surface area contributed by atoms with Crippen molar-refractivity contribution in [3.8, 4) is 22.9 Å². The molecule has 1 heterocycles. The number of nitrogens with zero attached hydrogens (tertiary/aromatic N) is 3. The van der Waals surface area contributed by atoms with E-state index in [4.69, 9.17) is 21.7 Å². The minimum Gasteiger partial charge on any atom is -0.494 e. The third-order valence-corrected chi connectivity index (χ3v) is 4.56. The molecule has 0 bridgehead atoms. The molecule has 1 aromatic heterocycles. The molecule has 0 aliphatic rings. The molecule has 6 nitrogen and oxygen atoms in total. The molecule has 0 saturated heterocycles. The molecule has 2 aromatic carbocycles. The van der Waals surface area contributed by atoms with Crippen LogP contribution in [0.2, 0.25) is 0 Å². The number of unbranched alkanes of at least 4 members (excludes halogenated alkanes) is 2. The maximum absolute atomic E-state index is 5.74. The van der Waals surface area contributed by atoms with Gasteiger partial charge in [-0.3, -0.25) is 0 Å². The van der Waals surface area contributed by atoms with Crippen LogP contribution in [0.3, 0.4) is 0 Å². The second-order valence-electron chi connectivity index (χ2n) is 6.49. The number of aromatic nitrogens is 3. The number of benzene rings is 2. The van der Waals surface area contributed by atoms with E-state index in [1.165, 1.54) is 12.8 Å². The van der Waals surface area contributed by atoms with E-state index in [0.717, 1.165) is 35.7 Å². The van der Waals surface area contributed by atoms with Crippen LogP contribution < -0.4 is 9.47 Å². The Labute approximate surface area is 176 Å². The summed E-state index contributed by atoms with van der Waals surface area (Å²) in [5, 5.41) is 11.6. The van der Waals surface area contributed by atoms with Crippen LogP contribution in [0.5, 0.6) is 11.5 Å². The molecule has 0 aliphatic carbocycles. The van der Waals surface area contributed by atoms with Gasteiger partial charge in [0.15, 0.2) is 5.82 Å². The molecule has 1 N–H and O–H groups in total. The summed E-state index contributed by atoms with van der Waals surface area (Å²) in [6, 6.07) is 15.5. The van der Waals surface area contributed by atoms with Crippen LogP contribution in [0.15, 0.2) is 53.6 Å². The van der Waals surface area contributed by atoms with Gasteiger partial charge >= 0.3 is 0 Å². The maximum Gasteiger partial charge on any atom is 0.216 e. The molecule has 0 aliphatic heterocycles. The molecule has 0 saturated carbocycles. The predicted molar refractivity (Wildman–Crippen MR) is 118 cm³/mol. The second-order valence-corrected chi connectivity index (χ2v) is 6.88. The number of aromatic amines is 1. The van der Waals surface area contributed by atoms with E-state index in [9.17, 15) is 0 Å². The molecule has 0 spiro atoms. The highest BCUT2D eigenvalue weighted by Gasteiger charge is 2.08. The van der Waals surface area contributed by atoms with Gasteiger partial charge in [-0.1, -0.05) is 19.8 Å². The SMILES string of the molecule is CCCCCOc1ccc(/C=N/n2c(-c3ccc(OCC)cc3)n[nH]c2=S)cc1. The fraction of sp³-hybridized carbons (Fsp3) is 0.318. The highest BCUT2D eigenvalue weighted by molar-refractivity contribution is 7.71. The topological polar surface area (TPSA) is 64.4 Å². The van der Waals surface area contributed by atoms with Crippen molar-refractivity contribution in [2.45, 2.75) is 33.1 Å². The Balaban J connectivity index is 1.71. The lowest BCUT2D eigenvalue weighted by Crippen LogP contribution is -1.97. The van der Waals surface area contributed by atoms with E-state index >= 15 is 0 Å². The van der Waals surface area contributed by atoms with E-state index in [1.54, 1.807) is 10.9 Å². The van der Waals surface area contributed by atoms with Crippen molar-refractivity contribution in [3.63, 3.8) is 0 Å². The molecule has 29 heavy (non-hydrogen) atoms. The third kappa shape index (κ3) is 5.77. The number of nitrogens with one attached hydrogen (secondary N) is 1. The van der Waals surface area contributed by atoms with Crippen LogP contribution in [0.1, 0.15) is 38.7 Å². The van der Waals surface area contributed by atoms with Crippen molar-refractivity contribution in [1.29, 1.82) is 0 Å². The summed E-state index contributed by atoms with van der Waals surface area (Å²) in [5.74, 6) is 2.33. The highest BCUT2D eigenvalue weighted by atomic mass is 32.1. The molecule has 7 heteroatoms. The molecule has 3 rings (SSSR count). The standard InChI is InChI=1S/C22H26N4O2S/c1-3-5-6-15-28-20-11-7-17(8-12-20)16-23-26-21(24-25-22(26)29)18-9-13-19(14-10-18)27-4-2/h7-14,16H,3-6,15H2,1-2H3,(H,25,29)/b23-16+. The largest absolute Gasteiger partial charge is 0.494 e. The average Bonchev–Trinajstić information content (AvgIpc) is 3.12.